The predicted molar refractivity (Wildman–Crippen MR) is 99.8 cm³/mol. The highest BCUT2D eigenvalue weighted by atomic mass is 16.5. The monoisotopic (exact) mass is 368 g/mol. The minimum absolute atomic E-state index is 0.0681. The van der Waals surface area contributed by atoms with E-state index in [1.165, 1.54) is 12.1 Å². The maximum absolute atomic E-state index is 12.2. The molecule has 0 aromatic heterocycles. The molecule has 27 heavy (non-hydrogen) atoms. The van der Waals surface area contributed by atoms with Gasteiger partial charge in [-0.15, -0.1) is 0 Å². The Kier molecular flexibility index (Phi) is 5.83. The van der Waals surface area contributed by atoms with Crippen LogP contribution in [-0.4, -0.2) is 35.6 Å². The molecule has 3 N–H and O–H groups in total. The summed E-state index contributed by atoms with van der Waals surface area (Å²) in [6.45, 7) is 0.610. The predicted octanol–water partition coefficient (Wildman–Crippen LogP) is 2.68. The van der Waals surface area contributed by atoms with Crippen molar-refractivity contribution in [3.63, 3.8) is 0 Å². The highest BCUT2D eigenvalue weighted by Crippen LogP contribution is 2.17. The molecule has 0 radical (unpaired) electrons. The number of hydrogen-bond acceptors (Lipinski definition) is 4. The molecule has 140 valence electrons. The molecule has 1 aliphatic heterocycles. The number of carbonyl (C=O) groups is 3. The van der Waals surface area contributed by atoms with E-state index in [2.05, 4.69) is 10.6 Å². The quantitative estimate of drug-likeness (QED) is 0.727. The van der Waals surface area contributed by atoms with Crippen LogP contribution in [0.4, 0.5) is 11.4 Å². The Morgan fingerprint density at radius 2 is 1.74 bits per heavy atom. The van der Waals surface area contributed by atoms with Gasteiger partial charge < -0.3 is 20.5 Å². The molecule has 0 saturated carbocycles. The molecular formula is C20H20N2O5. The van der Waals surface area contributed by atoms with Crippen LogP contribution in [0, 0.1) is 0 Å². The SMILES string of the molecule is O=C(Cc1cccc(C(=O)O)c1)Nc1ccc(NC(=O)C2CCCO2)cc1. The summed E-state index contributed by atoms with van der Waals surface area (Å²) in [5.74, 6) is -1.45. The van der Waals surface area contributed by atoms with Crippen LogP contribution in [0.15, 0.2) is 48.5 Å². The summed E-state index contributed by atoms with van der Waals surface area (Å²) in [5.41, 5.74) is 1.98. The van der Waals surface area contributed by atoms with Crippen molar-refractivity contribution in [3.8, 4) is 0 Å². The fourth-order valence-electron chi connectivity index (χ4n) is 2.85. The Morgan fingerprint density at radius 1 is 1.04 bits per heavy atom. The third-order valence-electron chi connectivity index (χ3n) is 4.20. The van der Waals surface area contributed by atoms with Crippen LogP contribution >= 0.6 is 0 Å². The highest BCUT2D eigenvalue weighted by Gasteiger charge is 2.23. The van der Waals surface area contributed by atoms with E-state index < -0.39 is 12.1 Å². The number of nitrogens with one attached hydrogen (secondary N) is 2. The molecule has 2 aromatic rings. The van der Waals surface area contributed by atoms with Gasteiger partial charge in [0.25, 0.3) is 5.91 Å². The second kappa shape index (κ2) is 8.46. The van der Waals surface area contributed by atoms with Gasteiger partial charge in [-0.3, -0.25) is 9.59 Å². The minimum Gasteiger partial charge on any atom is -0.478 e. The van der Waals surface area contributed by atoms with E-state index in [0.29, 0.717) is 23.5 Å². The number of anilines is 2. The lowest BCUT2D eigenvalue weighted by atomic mass is 10.1. The summed E-state index contributed by atoms with van der Waals surface area (Å²) >= 11 is 0. The standard InChI is InChI=1S/C20H20N2O5/c23-18(12-13-3-1-4-14(11-13)20(25)26)21-15-6-8-16(9-7-15)22-19(24)17-5-2-10-27-17/h1,3-4,6-9,11,17H,2,5,10,12H2,(H,21,23)(H,22,24)(H,25,26). The number of ether oxygens (including phenoxy) is 1. The first kappa shape index (κ1) is 18.6. The van der Waals surface area contributed by atoms with Gasteiger partial charge in [-0.25, -0.2) is 4.79 Å². The van der Waals surface area contributed by atoms with Crippen molar-refractivity contribution in [1.82, 2.24) is 0 Å². The Morgan fingerprint density at radius 3 is 2.37 bits per heavy atom. The number of hydrogen-bond donors (Lipinski definition) is 3. The number of carbonyl (C=O) groups excluding carboxylic acids is 2. The molecule has 2 aromatic carbocycles. The van der Waals surface area contributed by atoms with E-state index in [-0.39, 0.29) is 23.8 Å². The summed E-state index contributed by atoms with van der Waals surface area (Å²) in [4.78, 5) is 35.1. The minimum atomic E-state index is -1.03. The van der Waals surface area contributed by atoms with Crippen LogP contribution in [0.3, 0.4) is 0 Å². The summed E-state index contributed by atoms with van der Waals surface area (Å²) in [7, 11) is 0. The Hall–Kier alpha value is -3.19. The maximum atomic E-state index is 12.2. The first-order valence-electron chi connectivity index (χ1n) is 8.66. The van der Waals surface area contributed by atoms with Gasteiger partial charge in [-0.05, 0) is 54.8 Å². The summed E-state index contributed by atoms with van der Waals surface area (Å²) in [6, 6.07) is 13.1. The molecular weight excluding hydrogens is 348 g/mol. The first-order chi connectivity index (χ1) is 13.0. The second-order valence-corrected chi connectivity index (χ2v) is 6.30. The topological polar surface area (TPSA) is 105 Å². The van der Waals surface area contributed by atoms with Gasteiger partial charge in [0.2, 0.25) is 5.91 Å². The van der Waals surface area contributed by atoms with Crippen LogP contribution in [0.1, 0.15) is 28.8 Å². The van der Waals surface area contributed by atoms with Crippen LogP contribution < -0.4 is 10.6 Å². The Bertz CT molecular complexity index is 842. The van der Waals surface area contributed by atoms with Gasteiger partial charge in [-0.2, -0.15) is 0 Å². The van der Waals surface area contributed by atoms with Crippen molar-refractivity contribution in [2.24, 2.45) is 0 Å². The summed E-state index contributed by atoms with van der Waals surface area (Å²) in [6.07, 6.45) is 1.28. The van der Waals surface area contributed by atoms with Gasteiger partial charge in [0.15, 0.2) is 0 Å². The Balaban J connectivity index is 1.54. The second-order valence-electron chi connectivity index (χ2n) is 6.30. The van der Waals surface area contributed by atoms with E-state index in [1.807, 2.05) is 0 Å². The maximum Gasteiger partial charge on any atom is 0.335 e. The number of benzene rings is 2. The van der Waals surface area contributed by atoms with Gasteiger partial charge in [0.05, 0.1) is 12.0 Å². The van der Waals surface area contributed by atoms with E-state index >= 15 is 0 Å². The first-order valence-corrected chi connectivity index (χ1v) is 8.66. The molecule has 3 rings (SSSR count). The summed E-state index contributed by atoms with van der Waals surface area (Å²) < 4.78 is 5.34. The molecule has 7 nitrogen and oxygen atoms in total. The zero-order chi connectivity index (χ0) is 19.2. The molecule has 1 saturated heterocycles. The van der Waals surface area contributed by atoms with Gasteiger partial charge in [0.1, 0.15) is 6.10 Å². The molecule has 0 spiro atoms. The van der Waals surface area contributed by atoms with Crippen LogP contribution in [-0.2, 0) is 20.7 Å². The average Bonchev–Trinajstić information content (AvgIpc) is 3.18. The number of amides is 2. The number of aromatic carboxylic acids is 1. The van der Waals surface area contributed by atoms with E-state index in [4.69, 9.17) is 9.84 Å². The highest BCUT2D eigenvalue weighted by molar-refractivity contribution is 5.95. The lowest BCUT2D eigenvalue weighted by molar-refractivity contribution is -0.124. The van der Waals surface area contributed by atoms with Crippen LogP contribution in [0.2, 0.25) is 0 Å². The van der Waals surface area contributed by atoms with Crippen LogP contribution in [0.25, 0.3) is 0 Å². The largest absolute Gasteiger partial charge is 0.478 e. The third-order valence-corrected chi connectivity index (χ3v) is 4.20. The summed E-state index contributed by atoms with van der Waals surface area (Å²) in [5, 5.41) is 14.5. The number of rotatable bonds is 6. The van der Waals surface area contributed by atoms with Crippen LogP contribution in [0.5, 0.6) is 0 Å². The molecule has 1 unspecified atom stereocenters. The molecule has 0 aliphatic carbocycles. The van der Waals surface area contributed by atoms with E-state index in [0.717, 1.165) is 12.8 Å². The van der Waals surface area contributed by atoms with Gasteiger partial charge in [0, 0.05) is 18.0 Å². The zero-order valence-corrected chi connectivity index (χ0v) is 14.6. The van der Waals surface area contributed by atoms with Crippen molar-refractivity contribution in [2.45, 2.75) is 25.4 Å². The van der Waals surface area contributed by atoms with Crippen molar-refractivity contribution in [3.05, 3.63) is 59.7 Å². The molecule has 1 heterocycles. The molecule has 1 aliphatic rings. The fourth-order valence-corrected chi connectivity index (χ4v) is 2.85. The smallest absolute Gasteiger partial charge is 0.335 e. The number of carboxylic acids is 1. The lowest BCUT2D eigenvalue weighted by Crippen LogP contribution is -2.26. The normalized spacial score (nSPS) is 15.9. The molecule has 2 amide bonds. The zero-order valence-electron chi connectivity index (χ0n) is 14.6. The van der Waals surface area contributed by atoms with Crippen molar-refractivity contribution in [2.75, 3.05) is 17.2 Å². The Labute approximate surface area is 156 Å². The fraction of sp³-hybridized carbons (Fsp3) is 0.250. The average molecular weight is 368 g/mol. The van der Waals surface area contributed by atoms with Gasteiger partial charge in [-0.1, -0.05) is 12.1 Å². The van der Waals surface area contributed by atoms with E-state index in [9.17, 15) is 14.4 Å². The van der Waals surface area contributed by atoms with Gasteiger partial charge >= 0.3 is 5.97 Å². The lowest BCUT2D eigenvalue weighted by Gasteiger charge is -2.11. The van der Waals surface area contributed by atoms with Crippen molar-refractivity contribution in [1.29, 1.82) is 0 Å². The molecule has 1 atom stereocenters. The van der Waals surface area contributed by atoms with Crippen molar-refractivity contribution >= 4 is 29.2 Å². The molecule has 0 bridgehead atoms. The van der Waals surface area contributed by atoms with Crippen molar-refractivity contribution < 1.29 is 24.2 Å². The molecule has 7 heteroatoms. The molecule has 1 fully saturated rings. The van der Waals surface area contributed by atoms with E-state index in [1.54, 1.807) is 36.4 Å². The number of carboxylic acid groups (broad SMARTS) is 1. The third kappa shape index (κ3) is 5.15.